The lowest BCUT2D eigenvalue weighted by atomic mass is 10.0. The number of thiophene rings is 1. The van der Waals surface area contributed by atoms with E-state index >= 15 is 0 Å². The van der Waals surface area contributed by atoms with Gasteiger partial charge >= 0.3 is 0 Å². The molecule has 0 saturated heterocycles. The number of nitrogens with zero attached hydrogens (tertiary/aromatic N) is 6. The Morgan fingerprint density at radius 1 is 0.397 bits per heavy atom. The quantitative estimate of drug-likeness (QED) is 0.166. The fraction of sp³-hybridized carbons (Fsp3) is 0. The van der Waals surface area contributed by atoms with Crippen LogP contribution in [0.1, 0.15) is 0 Å². The van der Waals surface area contributed by atoms with Crippen molar-refractivity contribution in [2.75, 3.05) is 0 Å². The molecule has 0 amide bonds. The molecule has 8 aromatic carbocycles. The second kappa shape index (κ2) is 14.1. The molecule has 294 valence electrons. The molecule has 0 aliphatic heterocycles. The Balaban J connectivity index is 0.988. The van der Waals surface area contributed by atoms with Gasteiger partial charge in [-0.05, 0) is 60.7 Å². The standard InChI is InChI=1S/C55H32N6OS/c1-4-15-33(16-5-1)52-56-49(51-50(57-52)39-22-11-13-25-45(39)62-51)35-27-29-40-47(32-35)63-46-26-14-23-41(48(40)46)55-59-53(34-17-6-2-7-18-34)58-54(60-55)36-28-30-44-42(31-36)38-21-10-12-24-43(38)61(44)37-19-8-3-9-20-37/h1-32H. The average Bonchev–Trinajstić information content (AvgIpc) is 4.03. The number of hydrogen-bond donors (Lipinski definition) is 0. The third kappa shape index (κ3) is 5.76. The summed E-state index contributed by atoms with van der Waals surface area (Å²) in [5.74, 6) is 2.51. The van der Waals surface area contributed by atoms with E-state index in [9.17, 15) is 0 Å². The lowest BCUT2D eigenvalue weighted by Crippen LogP contribution is -2.00. The van der Waals surface area contributed by atoms with Gasteiger partial charge in [0, 0.05) is 69.8 Å². The molecule has 5 aromatic heterocycles. The van der Waals surface area contributed by atoms with E-state index in [1.54, 1.807) is 11.3 Å². The Labute approximate surface area is 364 Å². The van der Waals surface area contributed by atoms with Gasteiger partial charge in [-0.2, -0.15) is 0 Å². The Bertz CT molecular complexity index is 3910. The van der Waals surface area contributed by atoms with Crippen LogP contribution < -0.4 is 0 Å². The fourth-order valence-electron chi connectivity index (χ4n) is 8.97. The summed E-state index contributed by atoms with van der Waals surface area (Å²) in [6, 6.07) is 66.9. The third-order valence-corrected chi connectivity index (χ3v) is 13.0. The number of rotatable bonds is 6. The summed E-state index contributed by atoms with van der Waals surface area (Å²) in [6.45, 7) is 0. The van der Waals surface area contributed by atoms with Crippen molar-refractivity contribution in [2.45, 2.75) is 0 Å². The molecule has 0 N–H and O–H groups in total. The van der Waals surface area contributed by atoms with Gasteiger partial charge in [0.2, 0.25) is 0 Å². The number of furan rings is 1. The van der Waals surface area contributed by atoms with Crippen LogP contribution in [-0.2, 0) is 0 Å². The molecule has 5 heterocycles. The largest absolute Gasteiger partial charge is 0.452 e. The fourth-order valence-corrected chi connectivity index (χ4v) is 10.1. The summed E-state index contributed by atoms with van der Waals surface area (Å²) in [6.07, 6.45) is 0. The van der Waals surface area contributed by atoms with Gasteiger partial charge in [-0.15, -0.1) is 11.3 Å². The predicted octanol–water partition coefficient (Wildman–Crippen LogP) is 14.4. The van der Waals surface area contributed by atoms with Crippen LogP contribution >= 0.6 is 11.3 Å². The number of hydrogen-bond acceptors (Lipinski definition) is 7. The molecule has 13 rings (SSSR count). The molecular weight excluding hydrogens is 793 g/mol. The molecule has 7 nitrogen and oxygen atoms in total. The van der Waals surface area contributed by atoms with Crippen LogP contribution in [0.4, 0.5) is 0 Å². The molecule has 0 radical (unpaired) electrons. The van der Waals surface area contributed by atoms with Crippen molar-refractivity contribution in [1.82, 2.24) is 29.5 Å². The Hall–Kier alpha value is -8.33. The molecule has 0 atom stereocenters. The van der Waals surface area contributed by atoms with Crippen LogP contribution in [0.5, 0.6) is 0 Å². The number of para-hydroxylation sites is 3. The highest BCUT2D eigenvalue weighted by Crippen LogP contribution is 2.43. The van der Waals surface area contributed by atoms with Crippen molar-refractivity contribution in [3.63, 3.8) is 0 Å². The molecule has 13 aromatic rings. The minimum absolute atomic E-state index is 0.615. The first kappa shape index (κ1) is 35.4. The number of aromatic nitrogens is 6. The second-order valence-corrected chi connectivity index (χ2v) is 16.7. The molecule has 8 heteroatoms. The zero-order valence-electron chi connectivity index (χ0n) is 33.5. The molecule has 0 fully saturated rings. The van der Waals surface area contributed by atoms with Gasteiger partial charge in [-0.25, -0.2) is 24.9 Å². The topological polar surface area (TPSA) is 82.5 Å². The highest BCUT2D eigenvalue weighted by molar-refractivity contribution is 7.26. The molecule has 0 aliphatic carbocycles. The second-order valence-electron chi connectivity index (χ2n) is 15.6. The zero-order chi connectivity index (χ0) is 41.4. The minimum atomic E-state index is 0.615. The third-order valence-electron chi connectivity index (χ3n) is 11.9. The first-order valence-electron chi connectivity index (χ1n) is 20.8. The molecule has 0 bridgehead atoms. The average molecular weight is 825 g/mol. The first-order chi connectivity index (χ1) is 31.2. The van der Waals surface area contributed by atoms with Crippen LogP contribution in [0, 0.1) is 0 Å². The molecule has 0 spiro atoms. The smallest absolute Gasteiger partial charge is 0.180 e. The van der Waals surface area contributed by atoms with Crippen molar-refractivity contribution in [1.29, 1.82) is 0 Å². The van der Waals surface area contributed by atoms with E-state index in [4.69, 9.17) is 29.3 Å². The maximum Gasteiger partial charge on any atom is 0.180 e. The van der Waals surface area contributed by atoms with Crippen LogP contribution in [-0.4, -0.2) is 29.5 Å². The van der Waals surface area contributed by atoms with Gasteiger partial charge in [-0.1, -0.05) is 133 Å². The maximum atomic E-state index is 6.49. The van der Waals surface area contributed by atoms with E-state index < -0.39 is 0 Å². The Morgan fingerprint density at radius 2 is 1.03 bits per heavy atom. The van der Waals surface area contributed by atoms with E-state index in [0.29, 0.717) is 28.9 Å². The van der Waals surface area contributed by atoms with E-state index in [1.807, 2.05) is 66.7 Å². The lowest BCUT2D eigenvalue weighted by Gasteiger charge is -2.10. The van der Waals surface area contributed by atoms with Crippen LogP contribution in [0.15, 0.2) is 199 Å². The summed E-state index contributed by atoms with van der Waals surface area (Å²) in [5, 5.41) is 5.49. The van der Waals surface area contributed by atoms with Crippen LogP contribution in [0.25, 0.3) is 127 Å². The highest BCUT2D eigenvalue weighted by Gasteiger charge is 2.22. The van der Waals surface area contributed by atoms with E-state index in [2.05, 4.69) is 132 Å². The van der Waals surface area contributed by atoms with Crippen LogP contribution in [0.2, 0.25) is 0 Å². The summed E-state index contributed by atoms with van der Waals surface area (Å²) in [4.78, 5) is 25.8. The normalized spacial score (nSPS) is 11.8. The zero-order valence-corrected chi connectivity index (χ0v) is 34.3. The van der Waals surface area contributed by atoms with Gasteiger partial charge in [0.1, 0.15) is 16.8 Å². The summed E-state index contributed by atoms with van der Waals surface area (Å²) < 4.78 is 11.1. The SMILES string of the molecule is c1ccc(-c2nc(-c3ccc4c(c3)c3ccccc3n4-c3ccccc3)nc(-c3cccc4sc5cc(-c6nc(-c7ccccc7)nc7c6oc6ccccc67)ccc5c34)n2)cc1. The molecule has 63 heavy (non-hydrogen) atoms. The van der Waals surface area contributed by atoms with E-state index in [-0.39, 0.29) is 0 Å². The lowest BCUT2D eigenvalue weighted by molar-refractivity contribution is 0.667. The van der Waals surface area contributed by atoms with E-state index in [0.717, 1.165) is 92.3 Å². The van der Waals surface area contributed by atoms with Gasteiger partial charge in [0.15, 0.2) is 28.9 Å². The summed E-state index contributed by atoms with van der Waals surface area (Å²) >= 11 is 1.75. The monoisotopic (exact) mass is 824 g/mol. The van der Waals surface area contributed by atoms with E-state index in [1.165, 1.54) is 5.39 Å². The van der Waals surface area contributed by atoms with Gasteiger partial charge in [-0.3, -0.25) is 0 Å². The van der Waals surface area contributed by atoms with Crippen molar-refractivity contribution in [3.05, 3.63) is 194 Å². The molecule has 0 saturated carbocycles. The van der Waals surface area contributed by atoms with Crippen LogP contribution in [0.3, 0.4) is 0 Å². The Kier molecular flexibility index (Phi) is 7.94. The van der Waals surface area contributed by atoms with Crippen molar-refractivity contribution in [2.24, 2.45) is 0 Å². The highest BCUT2D eigenvalue weighted by atomic mass is 32.1. The van der Waals surface area contributed by atoms with Gasteiger partial charge < -0.3 is 8.98 Å². The van der Waals surface area contributed by atoms with Crippen molar-refractivity contribution in [3.8, 4) is 62.5 Å². The number of fused-ring (bicyclic) bond motifs is 9. The Morgan fingerprint density at radius 3 is 1.83 bits per heavy atom. The van der Waals surface area contributed by atoms with Gasteiger partial charge in [0.05, 0.1) is 11.0 Å². The van der Waals surface area contributed by atoms with Crippen molar-refractivity contribution >= 4 is 75.4 Å². The summed E-state index contributed by atoms with van der Waals surface area (Å²) in [7, 11) is 0. The molecule has 0 unspecified atom stereocenters. The first-order valence-corrected chi connectivity index (χ1v) is 21.6. The van der Waals surface area contributed by atoms with Crippen molar-refractivity contribution < 1.29 is 4.42 Å². The minimum Gasteiger partial charge on any atom is -0.452 e. The molecule has 0 aliphatic rings. The van der Waals surface area contributed by atoms with Gasteiger partial charge in [0.25, 0.3) is 0 Å². The maximum absolute atomic E-state index is 6.49. The number of benzene rings is 8. The summed E-state index contributed by atoms with van der Waals surface area (Å²) in [5.41, 5.74) is 11.1. The predicted molar refractivity (Wildman–Crippen MR) is 257 cm³/mol. The molecular formula is C55H32N6OS.